The van der Waals surface area contributed by atoms with E-state index in [1.807, 2.05) is 6.07 Å². The van der Waals surface area contributed by atoms with Crippen molar-refractivity contribution in [2.75, 3.05) is 12.4 Å². The van der Waals surface area contributed by atoms with Gasteiger partial charge >= 0.3 is 0 Å². The molecular formula is C22H21N3O5. The minimum Gasteiger partial charge on any atom is -0.507 e. The molecule has 0 radical (unpaired) electrons. The third kappa shape index (κ3) is 4.02. The number of aromatic nitrogens is 2. The highest BCUT2D eigenvalue weighted by Gasteiger charge is 2.21. The monoisotopic (exact) mass is 407 g/mol. The number of hydrogen-bond donors (Lipinski definition) is 2. The molecule has 8 nitrogen and oxygen atoms in total. The van der Waals surface area contributed by atoms with Crippen molar-refractivity contribution in [1.29, 1.82) is 0 Å². The van der Waals surface area contributed by atoms with Crippen LogP contribution in [-0.4, -0.2) is 33.3 Å². The molecule has 0 atom stereocenters. The van der Waals surface area contributed by atoms with Crippen LogP contribution in [0.15, 0.2) is 65.5 Å². The number of ether oxygens (including phenoxy) is 1. The van der Waals surface area contributed by atoms with Crippen LogP contribution in [0.25, 0.3) is 11.4 Å². The molecular weight excluding hydrogens is 386 g/mol. The van der Waals surface area contributed by atoms with Gasteiger partial charge in [-0.25, -0.2) is 4.68 Å². The second-order valence-corrected chi connectivity index (χ2v) is 6.51. The molecule has 1 heterocycles. The highest BCUT2D eigenvalue weighted by molar-refractivity contribution is 6.45. The number of carbonyl (C=O) groups is 2. The largest absolute Gasteiger partial charge is 0.507 e. The first-order chi connectivity index (χ1) is 14.3. The van der Waals surface area contributed by atoms with Crippen LogP contribution in [0.5, 0.6) is 5.75 Å². The summed E-state index contributed by atoms with van der Waals surface area (Å²) >= 11 is 0. The van der Waals surface area contributed by atoms with Crippen LogP contribution in [0.4, 0.5) is 5.69 Å². The zero-order chi connectivity index (χ0) is 21.8. The third-order valence-corrected chi connectivity index (χ3v) is 4.67. The molecule has 3 aromatic rings. The van der Waals surface area contributed by atoms with Gasteiger partial charge in [0, 0.05) is 18.7 Å². The van der Waals surface area contributed by atoms with Crippen LogP contribution in [0.1, 0.15) is 11.3 Å². The number of methoxy groups -OCH3 is 1. The quantitative estimate of drug-likeness (QED) is 0.371. The summed E-state index contributed by atoms with van der Waals surface area (Å²) in [6.07, 6.45) is 0.811. The molecule has 0 spiro atoms. The molecule has 3 rings (SSSR count). The number of aliphatic hydroxyl groups excluding tert-OH is 1. The van der Waals surface area contributed by atoms with Gasteiger partial charge in [0.05, 0.1) is 18.5 Å². The predicted molar refractivity (Wildman–Crippen MR) is 113 cm³/mol. The van der Waals surface area contributed by atoms with Crippen LogP contribution in [0.3, 0.4) is 0 Å². The smallest absolute Gasteiger partial charge is 0.296 e. The standard InChI is InChI=1S/C22H21N3O5/c1-14-20(22(29)25(24(14)2)16-7-5-4-6-8-16)23-21(28)19(27)13-18(26)15-9-11-17(30-3)12-10-15/h4-13,26H,1-3H3,(H,23,28)/b18-13-. The van der Waals surface area contributed by atoms with Crippen LogP contribution < -0.4 is 15.6 Å². The zero-order valence-electron chi connectivity index (χ0n) is 16.7. The Balaban J connectivity index is 1.83. The normalized spacial score (nSPS) is 11.2. The molecule has 2 N–H and O–H groups in total. The van der Waals surface area contributed by atoms with Crippen LogP contribution in [0.2, 0.25) is 0 Å². The molecule has 0 aliphatic rings. The summed E-state index contributed by atoms with van der Waals surface area (Å²) in [6, 6.07) is 15.3. The van der Waals surface area contributed by atoms with E-state index in [9.17, 15) is 19.5 Å². The lowest BCUT2D eigenvalue weighted by Crippen LogP contribution is -2.26. The van der Waals surface area contributed by atoms with Gasteiger partial charge in [-0.15, -0.1) is 0 Å². The number of aliphatic hydroxyl groups is 1. The Morgan fingerprint density at radius 3 is 2.30 bits per heavy atom. The predicted octanol–water partition coefficient (Wildman–Crippen LogP) is 2.60. The van der Waals surface area contributed by atoms with Gasteiger partial charge in [0.15, 0.2) is 0 Å². The number of hydrogen-bond acceptors (Lipinski definition) is 5. The van der Waals surface area contributed by atoms with Gasteiger partial charge in [-0.05, 0) is 43.3 Å². The minimum atomic E-state index is -1.03. The van der Waals surface area contributed by atoms with E-state index >= 15 is 0 Å². The minimum absolute atomic E-state index is 0.00274. The van der Waals surface area contributed by atoms with Crippen molar-refractivity contribution in [1.82, 2.24) is 9.36 Å². The fourth-order valence-electron chi connectivity index (χ4n) is 2.92. The summed E-state index contributed by atoms with van der Waals surface area (Å²) < 4.78 is 8.01. The first-order valence-corrected chi connectivity index (χ1v) is 9.08. The number of rotatable bonds is 6. The van der Waals surface area contributed by atoms with Gasteiger partial charge in [-0.2, -0.15) is 0 Å². The number of nitrogens with one attached hydrogen (secondary N) is 1. The first-order valence-electron chi connectivity index (χ1n) is 9.08. The SMILES string of the molecule is COc1ccc(/C(O)=C/C(=O)C(=O)Nc2c(C)n(C)n(-c3ccccc3)c2=O)cc1. The van der Waals surface area contributed by atoms with Crippen molar-refractivity contribution < 1.29 is 19.4 Å². The Labute approximate surface area is 172 Å². The maximum Gasteiger partial charge on any atom is 0.296 e. The van der Waals surface area contributed by atoms with Gasteiger partial charge < -0.3 is 15.2 Å². The second-order valence-electron chi connectivity index (χ2n) is 6.51. The molecule has 1 amide bonds. The second kappa shape index (κ2) is 8.52. The molecule has 0 bridgehead atoms. The molecule has 0 saturated carbocycles. The number of amides is 1. The van der Waals surface area contributed by atoms with Crippen molar-refractivity contribution in [2.24, 2.45) is 7.05 Å². The van der Waals surface area contributed by atoms with Gasteiger partial charge in [0.25, 0.3) is 11.5 Å². The van der Waals surface area contributed by atoms with Crippen LogP contribution in [0, 0.1) is 6.92 Å². The lowest BCUT2D eigenvalue weighted by Gasteiger charge is -2.07. The van der Waals surface area contributed by atoms with E-state index in [-0.39, 0.29) is 11.4 Å². The number of para-hydroxylation sites is 1. The van der Waals surface area contributed by atoms with Crippen molar-refractivity contribution >= 4 is 23.1 Å². The Morgan fingerprint density at radius 1 is 1.07 bits per heavy atom. The van der Waals surface area contributed by atoms with E-state index in [2.05, 4.69) is 5.32 Å². The highest BCUT2D eigenvalue weighted by atomic mass is 16.5. The van der Waals surface area contributed by atoms with Gasteiger partial charge in [0.2, 0.25) is 5.78 Å². The van der Waals surface area contributed by atoms with Gasteiger partial charge in [0.1, 0.15) is 17.2 Å². The first kappa shape index (κ1) is 20.7. The number of anilines is 1. The Kier molecular flexibility index (Phi) is 5.87. The molecule has 0 unspecified atom stereocenters. The van der Waals surface area contributed by atoms with E-state index in [0.717, 1.165) is 6.08 Å². The zero-order valence-corrected chi connectivity index (χ0v) is 16.7. The summed E-state index contributed by atoms with van der Waals surface area (Å²) in [6.45, 7) is 1.66. The number of benzene rings is 2. The number of ketones is 1. The molecule has 0 saturated heterocycles. The molecule has 2 aromatic carbocycles. The maximum atomic E-state index is 12.8. The number of carbonyl (C=O) groups excluding carboxylic acids is 2. The highest BCUT2D eigenvalue weighted by Crippen LogP contribution is 2.17. The van der Waals surface area contributed by atoms with E-state index in [1.54, 1.807) is 67.2 Å². The molecule has 0 aliphatic heterocycles. The molecule has 8 heteroatoms. The van der Waals surface area contributed by atoms with Crippen molar-refractivity contribution in [3.05, 3.63) is 82.3 Å². The lowest BCUT2D eigenvalue weighted by molar-refractivity contribution is -0.132. The Morgan fingerprint density at radius 2 is 1.70 bits per heavy atom. The summed E-state index contributed by atoms with van der Waals surface area (Å²) in [7, 11) is 3.19. The Bertz CT molecular complexity index is 1170. The maximum absolute atomic E-state index is 12.8. The van der Waals surface area contributed by atoms with Gasteiger partial charge in [-0.3, -0.25) is 19.1 Å². The molecule has 0 aliphatic carbocycles. The van der Waals surface area contributed by atoms with Crippen LogP contribution in [-0.2, 0) is 16.6 Å². The number of nitrogens with zero attached hydrogens (tertiary/aromatic N) is 2. The van der Waals surface area contributed by atoms with E-state index in [0.29, 0.717) is 22.7 Å². The average Bonchev–Trinajstić information content (AvgIpc) is 2.97. The van der Waals surface area contributed by atoms with Gasteiger partial charge in [-0.1, -0.05) is 18.2 Å². The molecule has 1 aromatic heterocycles. The summed E-state index contributed by atoms with van der Waals surface area (Å²) in [4.78, 5) is 37.4. The van der Waals surface area contributed by atoms with Crippen molar-refractivity contribution in [3.8, 4) is 11.4 Å². The fourth-order valence-corrected chi connectivity index (χ4v) is 2.92. The molecule has 0 fully saturated rings. The van der Waals surface area contributed by atoms with Crippen molar-refractivity contribution in [3.63, 3.8) is 0 Å². The molecule has 30 heavy (non-hydrogen) atoms. The summed E-state index contributed by atoms with van der Waals surface area (Å²) in [5.41, 5.74) is 0.979. The fraction of sp³-hybridized carbons (Fsp3) is 0.136. The Hall–Kier alpha value is -4.07. The summed E-state index contributed by atoms with van der Waals surface area (Å²) in [5, 5.41) is 12.5. The topological polar surface area (TPSA) is 103 Å². The van der Waals surface area contributed by atoms with Crippen LogP contribution >= 0.6 is 0 Å². The lowest BCUT2D eigenvalue weighted by atomic mass is 10.1. The van der Waals surface area contributed by atoms with Crippen molar-refractivity contribution in [2.45, 2.75) is 6.92 Å². The van der Waals surface area contributed by atoms with E-state index in [1.165, 1.54) is 11.8 Å². The summed E-state index contributed by atoms with van der Waals surface area (Å²) in [5.74, 6) is -1.80. The average molecular weight is 407 g/mol. The van der Waals surface area contributed by atoms with E-state index in [4.69, 9.17) is 4.74 Å². The molecule has 154 valence electrons. The van der Waals surface area contributed by atoms with E-state index < -0.39 is 17.2 Å². The third-order valence-electron chi connectivity index (χ3n) is 4.67.